The molecule has 0 saturated carbocycles. The highest BCUT2D eigenvalue weighted by molar-refractivity contribution is 5.33. The van der Waals surface area contributed by atoms with E-state index in [9.17, 15) is 0 Å². The van der Waals surface area contributed by atoms with E-state index in [0.717, 1.165) is 12.3 Å². The SMILES string of the molecule is COc1ccc(C2(C(C)C)CCCN2)cc1. The Morgan fingerprint density at radius 1 is 1.25 bits per heavy atom. The number of hydrogen-bond donors (Lipinski definition) is 1. The summed E-state index contributed by atoms with van der Waals surface area (Å²) < 4.78 is 5.20. The Balaban J connectivity index is 2.32. The zero-order chi connectivity index (χ0) is 11.6. The number of benzene rings is 1. The van der Waals surface area contributed by atoms with Crippen LogP contribution >= 0.6 is 0 Å². The van der Waals surface area contributed by atoms with Gasteiger partial charge in [0.15, 0.2) is 0 Å². The van der Waals surface area contributed by atoms with E-state index in [1.165, 1.54) is 18.4 Å². The average Bonchev–Trinajstić information content (AvgIpc) is 2.79. The van der Waals surface area contributed by atoms with Crippen LogP contribution in [0.4, 0.5) is 0 Å². The maximum absolute atomic E-state index is 5.20. The first-order valence-electron chi connectivity index (χ1n) is 6.08. The summed E-state index contributed by atoms with van der Waals surface area (Å²) >= 11 is 0. The number of nitrogens with one attached hydrogen (secondary N) is 1. The van der Waals surface area contributed by atoms with Gasteiger partial charge >= 0.3 is 0 Å². The van der Waals surface area contributed by atoms with E-state index < -0.39 is 0 Å². The topological polar surface area (TPSA) is 21.3 Å². The van der Waals surface area contributed by atoms with Crippen molar-refractivity contribution in [1.29, 1.82) is 0 Å². The van der Waals surface area contributed by atoms with Crippen LogP contribution in [0.2, 0.25) is 0 Å². The molecule has 1 aliphatic rings. The fourth-order valence-corrected chi connectivity index (χ4v) is 2.73. The summed E-state index contributed by atoms with van der Waals surface area (Å²) in [7, 11) is 1.71. The summed E-state index contributed by atoms with van der Waals surface area (Å²) in [4.78, 5) is 0. The minimum absolute atomic E-state index is 0.173. The van der Waals surface area contributed by atoms with Gasteiger partial charge in [-0.1, -0.05) is 26.0 Å². The van der Waals surface area contributed by atoms with Crippen molar-refractivity contribution in [3.05, 3.63) is 29.8 Å². The zero-order valence-electron chi connectivity index (χ0n) is 10.4. The molecule has 1 atom stereocenters. The third-order valence-corrected chi connectivity index (χ3v) is 3.78. The van der Waals surface area contributed by atoms with Gasteiger partial charge in [-0.3, -0.25) is 0 Å². The van der Waals surface area contributed by atoms with Gasteiger partial charge in [-0.15, -0.1) is 0 Å². The predicted octanol–water partition coefficient (Wildman–Crippen LogP) is 2.93. The van der Waals surface area contributed by atoms with Gasteiger partial charge in [-0.25, -0.2) is 0 Å². The molecule has 1 aromatic rings. The number of methoxy groups -OCH3 is 1. The van der Waals surface area contributed by atoms with Gasteiger partial charge in [0.05, 0.1) is 7.11 Å². The lowest BCUT2D eigenvalue weighted by atomic mass is 9.79. The van der Waals surface area contributed by atoms with Crippen LogP contribution in [0.25, 0.3) is 0 Å². The molecule has 1 N–H and O–H groups in total. The average molecular weight is 219 g/mol. The van der Waals surface area contributed by atoms with E-state index in [0.29, 0.717) is 5.92 Å². The summed E-state index contributed by atoms with van der Waals surface area (Å²) in [5.74, 6) is 1.55. The maximum Gasteiger partial charge on any atom is 0.118 e. The minimum atomic E-state index is 0.173. The van der Waals surface area contributed by atoms with Crippen LogP contribution in [0.5, 0.6) is 5.75 Å². The maximum atomic E-state index is 5.20. The molecular formula is C14H21NO. The van der Waals surface area contributed by atoms with Crippen molar-refractivity contribution in [3.63, 3.8) is 0 Å². The highest BCUT2D eigenvalue weighted by Crippen LogP contribution is 2.38. The van der Waals surface area contributed by atoms with Gasteiger partial charge in [0.25, 0.3) is 0 Å². The van der Waals surface area contributed by atoms with Gasteiger partial charge in [0, 0.05) is 5.54 Å². The molecule has 1 aromatic carbocycles. The lowest BCUT2D eigenvalue weighted by Gasteiger charge is -2.34. The highest BCUT2D eigenvalue weighted by Gasteiger charge is 2.37. The molecule has 2 rings (SSSR count). The third kappa shape index (κ3) is 1.82. The fourth-order valence-electron chi connectivity index (χ4n) is 2.73. The van der Waals surface area contributed by atoms with E-state index >= 15 is 0 Å². The lowest BCUT2D eigenvalue weighted by Crippen LogP contribution is -2.41. The molecule has 0 spiro atoms. The first kappa shape index (κ1) is 11.5. The number of ether oxygens (including phenoxy) is 1. The van der Waals surface area contributed by atoms with Gasteiger partial charge in [-0.05, 0) is 43.0 Å². The Hall–Kier alpha value is -1.02. The second kappa shape index (κ2) is 4.46. The molecule has 0 aliphatic carbocycles. The van der Waals surface area contributed by atoms with Crippen molar-refractivity contribution in [2.75, 3.05) is 13.7 Å². The van der Waals surface area contributed by atoms with E-state index in [2.05, 4.69) is 43.4 Å². The Labute approximate surface area is 98.0 Å². The van der Waals surface area contributed by atoms with Crippen LogP contribution in [0.15, 0.2) is 24.3 Å². The van der Waals surface area contributed by atoms with Crippen molar-refractivity contribution < 1.29 is 4.74 Å². The van der Waals surface area contributed by atoms with E-state index in [4.69, 9.17) is 4.74 Å². The normalized spacial score (nSPS) is 25.0. The molecule has 0 amide bonds. The summed E-state index contributed by atoms with van der Waals surface area (Å²) in [5.41, 5.74) is 1.56. The van der Waals surface area contributed by atoms with Crippen molar-refractivity contribution in [3.8, 4) is 5.75 Å². The first-order chi connectivity index (χ1) is 7.69. The summed E-state index contributed by atoms with van der Waals surface area (Å²) in [5, 5.41) is 3.68. The lowest BCUT2D eigenvalue weighted by molar-refractivity contribution is 0.277. The van der Waals surface area contributed by atoms with Crippen molar-refractivity contribution in [1.82, 2.24) is 5.32 Å². The minimum Gasteiger partial charge on any atom is -0.497 e. The van der Waals surface area contributed by atoms with Crippen LogP contribution in [0.3, 0.4) is 0 Å². The van der Waals surface area contributed by atoms with Crippen LogP contribution in [-0.4, -0.2) is 13.7 Å². The number of rotatable bonds is 3. The quantitative estimate of drug-likeness (QED) is 0.844. The van der Waals surface area contributed by atoms with Crippen molar-refractivity contribution >= 4 is 0 Å². The van der Waals surface area contributed by atoms with Gasteiger partial charge < -0.3 is 10.1 Å². The number of hydrogen-bond acceptors (Lipinski definition) is 2. The molecule has 0 bridgehead atoms. The second-order valence-electron chi connectivity index (χ2n) is 4.88. The molecule has 1 aliphatic heterocycles. The van der Waals surface area contributed by atoms with E-state index in [-0.39, 0.29) is 5.54 Å². The predicted molar refractivity (Wildman–Crippen MR) is 66.7 cm³/mol. The van der Waals surface area contributed by atoms with Crippen molar-refractivity contribution in [2.24, 2.45) is 5.92 Å². The molecule has 2 nitrogen and oxygen atoms in total. The molecule has 2 heteroatoms. The molecule has 0 aromatic heterocycles. The van der Waals surface area contributed by atoms with Crippen LogP contribution in [0, 0.1) is 5.92 Å². The third-order valence-electron chi connectivity index (χ3n) is 3.78. The van der Waals surface area contributed by atoms with Crippen LogP contribution < -0.4 is 10.1 Å². The van der Waals surface area contributed by atoms with Crippen LogP contribution in [-0.2, 0) is 5.54 Å². The Bertz CT molecular complexity index is 336. The summed E-state index contributed by atoms with van der Waals surface area (Å²) in [6, 6.07) is 8.49. The largest absolute Gasteiger partial charge is 0.497 e. The van der Waals surface area contributed by atoms with Gasteiger partial charge in [0.2, 0.25) is 0 Å². The molecule has 16 heavy (non-hydrogen) atoms. The molecule has 1 fully saturated rings. The molecule has 1 unspecified atom stereocenters. The zero-order valence-corrected chi connectivity index (χ0v) is 10.4. The standard InChI is InChI=1S/C14H21NO/c1-11(2)14(9-4-10-15-14)12-5-7-13(16-3)8-6-12/h5-8,11,15H,4,9-10H2,1-3H3. The fraction of sp³-hybridized carbons (Fsp3) is 0.571. The van der Waals surface area contributed by atoms with Gasteiger partial charge in [-0.2, -0.15) is 0 Å². The van der Waals surface area contributed by atoms with Gasteiger partial charge in [0.1, 0.15) is 5.75 Å². The molecule has 1 saturated heterocycles. The molecule has 1 heterocycles. The van der Waals surface area contributed by atoms with Crippen molar-refractivity contribution in [2.45, 2.75) is 32.2 Å². The summed E-state index contributed by atoms with van der Waals surface area (Å²) in [6.45, 7) is 5.72. The first-order valence-corrected chi connectivity index (χ1v) is 6.08. The second-order valence-corrected chi connectivity index (χ2v) is 4.88. The Kier molecular flexibility index (Phi) is 3.20. The molecular weight excluding hydrogens is 198 g/mol. The Morgan fingerprint density at radius 3 is 2.38 bits per heavy atom. The molecule has 0 radical (unpaired) electrons. The summed E-state index contributed by atoms with van der Waals surface area (Å²) in [6.07, 6.45) is 2.50. The Morgan fingerprint density at radius 2 is 1.94 bits per heavy atom. The highest BCUT2D eigenvalue weighted by atomic mass is 16.5. The van der Waals surface area contributed by atoms with E-state index in [1.54, 1.807) is 7.11 Å². The van der Waals surface area contributed by atoms with Crippen LogP contribution in [0.1, 0.15) is 32.3 Å². The monoisotopic (exact) mass is 219 g/mol. The van der Waals surface area contributed by atoms with E-state index in [1.807, 2.05) is 0 Å². The smallest absolute Gasteiger partial charge is 0.118 e. The molecule has 88 valence electrons.